The van der Waals surface area contributed by atoms with Crippen LogP contribution in [0.15, 0.2) is 41.1 Å². The van der Waals surface area contributed by atoms with Crippen LogP contribution in [0, 0.1) is 5.92 Å². The average molecular weight is 286 g/mol. The maximum atomic E-state index is 11.7. The van der Waals surface area contributed by atoms with Gasteiger partial charge in [0.1, 0.15) is 0 Å². The van der Waals surface area contributed by atoms with Gasteiger partial charge in [0, 0.05) is 23.3 Å². The second-order valence-corrected chi connectivity index (χ2v) is 6.04. The Bertz CT molecular complexity index is 573. The summed E-state index contributed by atoms with van der Waals surface area (Å²) in [6, 6.07) is 10.3. The largest absolute Gasteiger partial charge is 0.378 e. The van der Waals surface area contributed by atoms with Gasteiger partial charge in [-0.05, 0) is 66.4 Å². The molecule has 1 aromatic carbocycles. The van der Waals surface area contributed by atoms with Crippen molar-refractivity contribution in [2.24, 2.45) is 5.92 Å². The predicted molar refractivity (Wildman–Crippen MR) is 84.2 cm³/mol. The molecule has 1 unspecified atom stereocenters. The Morgan fingerprint density at radius 2 is 1.90 bits per heavy atom. The Labute approximate surface area is 123 Å². The zero-order valence-electron chi connectivity index (χ0n) is 11.4. The van der Waals surface area contributed by atoms with Crippen molar-refractivity contribution < 1.29 is 4.79 Å². The quantitative estimate of drug-likeness (QED) is 0.861. The molecule has 0 saturated heterocycles. The number of thiophene rings is 1. The van der Waals surface area contributed by atoms with Crippen molar-refractivity contribution in [1.29, 1.82) is 0 Å². The molecule has 1 saturated carbocycles. The van der Waals surface area contributed by atoms with Crippen molar-refractivity contribution in [3.8, 4) is 0 Å². The molecule has 1 amide bonds. The SMILES string of the molecule is CC(Nc1ccc(NC(=O)C2CC2)cc1)c1ccsc1. The molecule has 0 bridgehead atoms. The molecule has 0 spiro atoms. The zero-order chi connectivity index (χ0) is 13.9. The summed E-state index contributed by atoms with van der Waals surface area (Å²) in [5, 5.41) is 10.6. The number of carbonyl (C=O) groups is 1. The van der Waals surface area contributed by atoms with Crippen LogP contribution in [-0.4, -0.2) is 5.91 Å². The summed E-state index contributed by atoms with van der Waals surface area (Å²) in [5.74, 6) is 0.392. The maximum Gasteiger partial charge on any atom is 0.227 e. The van der Waals surface area contributed by atoms with Crippen molar-refractivity contribution in [1.82, 2.24) is 0 Å². The normalized spacial score (nSPS) is 15.7. The molecule has 2 N–H and O–H groups in total. The van der Waals surface area contributed by atoms with Crippen LogP contribution in [0.1, 0.15) is 31.4 Å². The summed E-state index contributed by atoms with van der Waals surface area (Å²) in [5.41, 5.74) is 3.23. The molecule has 1 fully saturated rings. The van der Waals surface area contributed by atoms with E-state index in [1.807, 2.05) is 24.3 Å². The molecule has 1 atom stereocenters. The van der Waals surface area contributed by atoms with Crippen LogP contribution in [0.2, 0.25) is 0 Å². The smallest absolute Gasteiger partial charge is 0.227 e. The molecule has 1 aromatic heterocycles. The highest BCUT2D eigenvalue weighted by molar-refractivity contribution is 7.07. The Kier molecular flexibility index (Phi) is 3.74. The number of anilines is 2. The Morgan fingerprint density at radius 3 is 2.50 bits per heavy atom. The van der Waals surface area contributed by atoms with Gasteiger partial charge in [-0.3, -0.25) is 4.79 Å². The number of hydrogen-bond donors (Lipinski definition) is 2. The number of carbonyl (C=O) groups excluding carboxylic acids is 1. The summed E-state index contributed by atoms with van der Waals surface area (Å²) in [4.78, 5) is 11.7. The van der Waals surface area contributed by atoms with Gasteiger partial charge < -0.3 is 10.6 Å². The molecule has 2 aromatic rings. The lowest BCUT2D eigenvalue weighted by molar-refractivity contribution is -0.117. The fourth-order valence-electron chi connectivity index (χ4n) is 2.09. The predicted octanol–water partition coefficient (Wildman–Crippen LogP) is 4.27. The molecule has 1 heterocycles. The van der Waals surface area contributed by atoms with E-state index in [2.05, 4.69) is 34.4 Å². The molecule has 3 rings (SSSR count). The maximum absolute atomic E-state index is 11.7. The second kappa shape index (κ2) is 5.67. The second-order valence-electron chi connectivity index (χ2n) is 5.26. The molecular formula is C16H18N2OS. The summed E-state index contributed by atoms with van der Waals surface area (Å²) in [6.45, 7) is 2.14. The minimum absolute atomic E-state index is 0.150. The molecule has 0 aliphatic heterocycles. The number of hydrogen-bond acceptors (Lipinski definition) is 3. The zero-order valence-corrected chi connectivity index (χ0v) is 12.2. The molecule has 4 heteroatoms. The van der Waals surface area contributed by atoms with Crippen LogP contribution in [0.25, 0.3) is 0 Å². The van der Waals surface area contributed by atoms with Gasteiger partial charge in [-0.2, -0.15) is 11.3 Å². The van der Waals surface area contributed by atoms with E-state index >= 15 is 0 Å². The molecule has 1 aliphatic rings. The molecule has 104 valence electrons. The van der Waals surface area contributed by atoms with E-state index in [4.69, 9.17) is 0 Å². The summed E-state index contributed by atoms with van der Waals surface area (Å²) < 4.78 is 0. The molecule has 0 radical (unpaired) electrons. The van der Waals surface area contributed by atoms with Gasteiger partial charge in [-0.1, -0.05) is 0 Å². The first kappa shape index (κ1) is 13.2. The third-order valence-corrected chi connectivity index (χ3v) is 4.23. The standard InChI is InChI=1S/C16H18N2OS/c1-11(13-8-9-20-10-13)17-14-4-6-15(7-5-14)18-16(19)12-2-3-12/h4-12,17H,2-3H2,1H3,(H,18,19). The molecule has 20 heavy (non-hydrogen) atoms. The van der Waals surface area contributed by atoms with Crippen LogP contribution < -0.4 is 10.6 Å². The Hall–Kier alpha value is -1.81. The first-order valence-corrected chi connectivity index (χ1v) is 7.86. The van der Waals surface area contributed by atoms with Crippen LogP contribution in [0.3, 0.4) is 0 Å². The number of nitrogens with one attached hydrogen (secondary N) is 2. The van der Waals surface area contributed by atoms with Gasteiger partial charge in [0.15, 0.2) is 0 Å². The topological polar surface area (TPSA) is 41.1 Å². The van der Waals surface area contributed by atoms with Gasteiger partial charge >= 0.3 is 0 Å². The van der Waals surface area contributed by atoms with E-state index < -0.39 is 0 Å². The lowest BCUT2D eigenvalue weighted by atomic mass is 10.1. The van der Waals surface area contributed by atoms with Crippen molar-refractivity contribution in [2.75, 3.05) is 10.6 Å². The minimum atomic E-state index is 0.150. The third-order valence-electron chi connectivity index (χ3n) is 3.53. The lowest BCUT2D eigenvalue weighted by Gasteiger charge is -2.14. The van der Waals surface area contributed by atoms with Crippen LogP contribution in [0.4, 0.5) is 11.4 Å². The highest BCUT2D eigenvalue weighted by atomic mass is 32.1. The third kappa shape index (κ3) is 3.20. The van der Waals surface area contributed by atoms with E-state index in [0.29, 0.717) is 0 Å². The first-order chi connectivity index (χ1) is 9.72. The van der Waals surface area contributed by atoms with Crippen LogP contribution in [0.5, 0.6) is 0 Å². The molecular weight excluding hydrogens is 268 g/mol. The number of benzene rings is 1. The van der Waals surface area contributed by atoms with Gasteiger partial charge in [0.05, 0.1) is 0 Å². The molecule has 3 nitrogen and oxygen atoms in total. The fourth-order valence-corrected chi connectivity index (χ4v) is 2.85. The molecule has 1 aliphatic carbocycles. The van der Waals surface area contributed by atoms with Crippen LogP contribution in [-0.2, 0) is 4.79 Å². The van der Waals surface area contributed by atoms with E-state index in [1.54, 1.807) is 11.3 Å². The van der Waals surface area contributed by atoms with E-state index in [9.17, 15) is 4.79 Å². The minimum Gasteiger partial charge on any atom is -0.378 e. The van der Waals surface area contributed by atoms with Crippen molar-refractivity contribution >= 4 is 28.6 Å². The van der Waals surface area contributed by atoms with E-state index in [-0.39, 0.29) is 17.9 Å². The summed E-state index contributed by atoms with van der Waals surface area (Å²) >= 11 is 1.71. The lowest BCUT2D eigenvalue weighted by Crippen LogP contribution is -2.13. The van der Waals surface area contributed by atoms with Crippen molar-refractivity contribution in [3.63, 3.8) is 0 Å². The number of rotatable bonds is 5. The number of amides is 1. The summed E-state index contributed by atoms with van der Waals surface area (Å²) in [6.07, 6.45) is 2.06. The highest BCUT2D eigenvalue weighted by Gasteiger charge is 2.29. The highest BCUT2D eigenvalue weighted by Crippen LogP contribution is 2.30. The monoisotopic (exact) mass is 286 g/mol. The van der Waals surface area contributed by atoms with Gasteiger partial charge in [0.25, 0.3) is 0 Å². The Balaban J connectivity index is 1.59. The van der Waals surface area contributed by atoms with Gasteiger partial charge in [0.2, 0.25) is 5.91 Å². The van der Waals surface area contributed by atoms with Gasteiger partial charge in [-0.25, -0.2) is 0 Å². The van der Waals surface area contributed by atoms with E-state index in [1.165, 1.54) is 5.56 Å². The van der Waals surface area contributed by atoms with Crippen molar-refractivity contribution in [3.05, 3.63) is 46.7 Å². The first-order valence-electron chi connectivity index (χ1n) is 6.92. The average Bonchev–Trinajstić information content (AvgIpc) is 3.16. The van der Waals surface area contributed by atoms with E-state index in [0.717, 1.165) is 24.2 Å². The Morgan fingerprint density at radius 1 is 1.20 bits per heavy atom. The fraction of sp³-hybridized carbons (Fsp3) is 0.312. The van der Waals surface area contributed by atoms with Gasteiger partial charge in [-0.15, -0.1) is 0 Å². The summed E-state index contributed by atoms with van der Waals surface area (Å²) in [7, 11) is 0. The van der Waals surface area contributed by atoms with Crippen LogP contribution >= 0.6 is 11.3 Å². The van der Waals surface area contributed by atoms with Crippen molar-refractivity contribution in [2.45, 2.75) is 25.8 Å².